The van der Waals surface area contributed by atoms with E-state index in [9.17, 15) is 10.1 Å². The van der Waals surface area contributed by atoms with Gasteiger partial charge in [0, 0.05) is 29.1 Å². The average molecular weight is 505 g/mol. The quantitative estimate of drug-likeness (QED) is 0.298. The zero-order chi connectivity index (χ0) is 26.1. The van der Waals surface area contributed by atoms with E-state index in [1.165, 1.54) is 0 Å². The van der Waals surface area contributed by atoms with Crippen LogP contribution in [0.2, 0.25) is 0 Å². The third-order valence-electron chi connectivity index (χ3n) is 8.08. The summed E-state index contributed by atoms with van der Waals surface area (Å²) in [4.78, 5) is 27.2. The molecule has 2 aromatic heterocycles. The van der Waals surface area contributed by atoms with E-state index in [-0.39, 0.29) is 23.8 Å². The van der Waals surface area contributed by atoms with Crippen LogP contribution in [0.25, 0.3) is 28.0 Å². The van der Waals surface area contributed by atoms with Crippen molar-refractivity contribution in [1.29, 1.82) is 5.26 Å². The first-order valence-electron chi connectivity index (χ1n) is 13.6. The Morgan fingerprint density at radius 3 is 2.76 bits per heavy atom. The van der Waals surface area contributed by atoms with Gasteiger partial charge in [0.2, 0.25) is 5.95 Å². The fourth-order valence-corrected chi connectivity index (χ4v) is 5.95. The van der Waals surface area contributed by atoms with E-state index in [0.717, 1.165) is 72.8 Å². The minimum atomic E-state index is -0.277. The van der Waals surface area contributed by atoms with Gasteiger partial charge in [0.25, 0.3) is 0 Å². The standard InChI is InChI=1S/C31H32N6O/c1-31(28(38)22-10-11-22)15-5-4-8-25(19-31)35-30-33-17-14-27(36-30)37-26(13-16-32)20-34-29(37)24-12-9-21-6-2-3-7-23(21)18-24/h2-3,6-7,9,12,14,17-18,20,22,25H,4-5,8,10-11,13,15,19H2,1H3,(H,33,35,36)/t25?,31-/m0/s1. The minimum absolute atomic E-state index is 0.141. The van der Waals surface area contributed by atoms with Crippen molar-refractivity contribution < 1.29 is 4.79 Å². The molecule has 2 aliphatic rings. The van der Waals surface area contributed by atoms with E-state index in [2.05, 4.69) is 53.6 Å². The van der Waals surface area contributed by atoms with Gasteiger partial charge in [0.05, 0.1) is 24.4 Å². The number of anilines is 1. The van der Waals surface area contributed by atoms with Gasteiger partial charge in [0.1, 0.15) is 17.4 Å². The van der Waals surface area contributed by atoms with E-state index in [0.29, 0.717) is 17.5 Å². The van der Waals surface area contributed by atoms with Crippen LogP contribution in [-0.2, 0) is 11.2 Å². The molecule has 1 N–H and O–H groups in total. The van der Waals surface area contributed by atoms with E-state index < -0.39 is 0 Å². The molecule has 7 nitrogen and oxygen atoms in total. The highest BCUT2D eigenvalue weighted by Crippen LogP contribution is 2.44. The SMILES string of the molecule is C[C@]1(C(=O)C2CC2)CCCCC(Nc2nccc(-n3c(CC#N)cnc3-c3ccc4ccccc4c3)n2)C1. The predicted molar refractivity (Wildman–Crippen MR) is 148 cm³/mol. The molecule has 7 heteroatoms. The molecule has 2 saturated carbocycles. The van der Waals surface area contributed by atoms with Gasteiger partial charge in [-0.2, -0.15) is 10.2 Å². The summed E-state index contributed by atoms with van der Waals surface area (Å²) in [5.41, 5.74) is 1.46. The highest BCUT2D eigenvalue weighted by Gasteiger charge is 2.44. The van der Waals surface area contributed by atoms with Crippen molar-refractivity contribution in [2.75, 3.05) is 5.32 Å². The molecule has 0 bridgehead atoms. The van der Waals surface area contributed by atoms with Crippen molar-refractivity contribution in [1.82, 2.24) is 19.5 Å². The van der Waals surface area contributed by atoms with Crippen molar-refractivity contribution in [2.24, 2.45) is 11.3 Å². The number of carbonyl (C=O) groups excluding carboxylic acids is 1. The number of nitrogens with zero attached hydrogens (tertiary/aromatic N) is 5. The number of Topliss-reactive ketones (excluding diaryl/α,β-unsaturated/α-hetero) is 1. The number of aromatic nitrogens is 4. The molecule has 0 spiro atoms. The molecule has 1 unspecified atom stereocenters. The minimum Gasteiger partial charge on any atom is -0.351 e. The molecule has 2 aliphatic carbocycles. The third-order valence-corrected chi connectivity index (χ3v) is 8.08. The number of hydrogen-bond acceptors (Lipinski definition) is 6. The molecule has 4 aromatic rings. The smallest absolute Gasteiger partial charge is 0.224 e. The maximum atomic E-state index is 13.1. The van der Waals surface area contributed by atoms with Crippen LogP contribution in [0.1, 0.15) is 57.6 Å². The molecule has 0 amide bonds. The van der Waals surface area contributed by atoms with Crippen molar-refractivity contribution >= 4 is 22.5 Å². The zero-order valence-corrected chi connectivity index (χ0v) is 21.7. The number of ketones is 1. The Balaban J connectivity index is 1.32. The number of carbonyl (C=O) groups is 1. The van der Waals surface area contributed by atoms with Crippen molar-refractivity contribution in [3.8, 4) is 23.3 Å². The van der Waals surface area contributed by atoms with Gasteiger partial charge in [-0.05, 0) is 55.0 Å². The molecular weight excluding hydrogens is 472 g/mol. The number of nitriles is 1. The van der Waals surface area contributed by atoms with E-state index in [1.54, 1.807) is 12.4 Å². The van der Waals surface area contributed by atoms with Crippen LogP contribution in [0.4, 0.5) is 5.95 Å². The Hall–Kier alpha value is -4.05. The summed E-state index contributed by atoms with van der Waals surface area (Å²) in [5.74, 6) is 2.66. The van der Waals surface area contributed by atoms with Crippen LogP contribution < -0.4 is 5.32 Å². The van der Waals surface area contributed by atoms with Gasteiger partial charge >= 0.3 is 0 Å². The Kier molecular flexibility index (Phi) is 6.40. The van der Waals surface area contributed by atoms with Crippen LogP contribution >= 0.6 is 0 Å². The Labute approximate surface area is 223 Å². The second-order valence-electron chi connectivity index (χ2n) is 11.0. The molecule has 2 aromatic carbocycles. The molecular formula is C31H32N6O. The monoisotopic (exact) mass is 504 g/mol. The van der Waals surface area contributed by atoms with E-state index >= 15 is 0 Å². The second-order valence-corrected chi connectivity index (χ2v) is 11.0. The highest BCUT2D eigenvalue weighted by molar-refractivity contribution is 5.88. The molecule has 6 rings (SSSR count). The van der Waals surface area contributed by atoms with Crippen molar-refractivity contribution in [3.63, 3.8) is 0 Å². The number of hydrogen-bond donors (Lipinski definition) is 1. The first kappa shape index (κ1) is 24.3. The van der Waals surface area contributed by atoms with Crippen LogP contribution in [0.15, 0.2) is 60.9 Å². The molecule has 0 saturated heterocycles. The molecule has 2 atom stereocenters. The Bertz CT molecular complexity index is 1530. The third kappa shape index (κ3) is 4.79. The van der Waals surface area contributed by atoms with Crippen molar-refractivity contribution in [2.45, 2.75) is 64.3 Å². The number of benzene rings is 2. The maximum absolute atomic E-state index is 13.1. The van der Waals surface area contributed by atoms with Crippen LogP contribution in [0.5, 0.6) is 0 Å². The second kappa shape index (κ2) is 10.0. The largest absolute Gasteiger partial charge is 0.351 e. The molecule has 0 radical (unpaired) electrons. The lowest BCUT2D eigenvalue weighted by molar-refractivity contribution is -0.130. The first-order valence-corrected chi connectivity index (χ1v) is 13.6. The molecule has 2 heterocycles. The topological polar surface area (TPSA) is 96.5 Å². The lowest BCUT2D eigenvalue weighted by Crippen LogP contribution is -2.35. The normalized spacial score (nSPS) is 21.5. The highest BCUT2D eigenvalue weighted by atomic mass is 16.1. The summed E-state index contributed by atoms with van der Waals surface area (Å²) in [6.45, 7) is 2.15. The molecule has 0 aliphatic heterocycles. The number of nitrogens with one attached hydrogen (secondary N) is 1. The van der Waals surface area contributed by atoms with Gasteiger partial charge in [-0.15, -0.1) is 0 Å². The number of rotatable bonds is 7. The predicted octanol–water partition coefficient (Wildman–Crippen LogP) is 6.28. The summed E-state index contributed by atoms with van der Waals surface area (Å²) >= 11 is 0. The van der Waals surface area contributed by atoms with Crippen LogP contribution in [-0.4, -0.2) is 31.3 Å². The summed E-state index contributed by atoms with van der Waals surface area (Å²) in [6.07, 6.45) is 10.7. The average Bonchev–Trinajstić information content (AvgIpc) is 3.72. The number of fused-ring (bicyclic) bond motifs is 1. The summed E-state index contributed by atoms with van der Waals surface area (Å²) in [7, 11) is 0. The maximum Gasteiger partial charge on any atom is 0.224 e. The number of imidazole rings is 1. The lowest BCUT2D eigenvalue weighted by Gasteiger charge is -2.30. The lowest BCUT2D eigenvalue weighted by atomic mass is 9.76. The van der Waals surface area contributed by atoms with Gasteiger partial charge in [-0.1, -0.05) is 56.2 Å². The first-order chi connectivity index (χ1) is 18.5. The van der Waals surface area contributed by atoms with Gasteiger partial charge < -0.3 is 5.32 Å². The molecule has 192 valence electrons. The Morgan fingerprint density at radius 2 is 1.95 bits per heavy atom. The summed E-state index contributed by atoms with van der Waals surface area (Å²) in [5, 5.41) is 15.3. The molecule has 2 fully saturated rings. The van der Waals surface area contributed by atoms with Crippen LogP contribution in [0.3, 0.4) is 0 Å². The fraction of sp³-hybridized carbons (Fsp3) is 0.387. The van der Waals surface area contributed by atoms with Gasteiger partial charge in [-0.25, -0.2) is 9.97 Å². The summed E-state index contributed by atoms with van der Waals surface area (Å²) in [6, 6.07) is 18.7. The zero-order valence-electron chi connectivity index (χ0n) is 21.7. The van der Waals surface area contributed by atoms with E-state index in [4.69, 9.17) is 9.97 Å². The van der Waals surface area contributed by atoms with Gasteiger partial charge in [-0.3, -0.25) is 9.36 Å². The van der Waals surface area contributed by atoms with Gasteiger partial charge in [0.15, 0.2) is 0 Å². The summed E-state index contributed by atoms with van der Waals surface area (Å²) < 4.78 is 1.95. The molecule has 38 heavy (non-hydrogen) atoms. The van der Waals surface area contributed by atoms with Crippen LogP contribution in [0, 0.1) is 22.7 Å². The fourth-order valence-electron chi connectivity index (χ4n) is 5.95. The Morgan fingerprint density at radius 1 is 1.11 bits per heavy atom. The van der Waals surface area contributed by atoms with E-state index in [1.807, 2.05) is 22.8 Å². The van der Waals surface area contributed by atoms with Crippen molar-refractivity contribution in [3.05, 3.63) is 66.6 Å².